The summed E-state index contributed by atoms with van der Waals surface area (Å²) in [4.78, 5) is 22.8. The van der Waals surface area contributed by atoms with Gasteiger partial charge in [0.25, 0.3) is 5.91 Å². The first-order chi connectivity index (χ1) is 16.3. The Hall–Kier alpha value is -2.91. The molecule has 182 valence electrons. The van der Waals surface area contributed by atoms with Crippen molar-refractivity contribution in [2.75, 3.05) is 36.7 Å². The van der Waals surface area contributed by atoms with Gasteiger partial charge in [0, 0.05) is 31.7 Å². The number of amides is 1. The second-order valence-corrected chi connectivity index (χ2v) is 10.7. The topological polar surface area (TPSA) is 87.5 Å². The SMILES string of the molecule is CCN(CC)[C@H]1CCN(C(=O)c2cc(NS(=O)(=O)CC)cc3nc(-c4ccccc4)n(C)c23)C1. The van der Waals surface area contributed by atoms with E-state index >= 15 is 0 Å². The Labute approximate surface area is 201 Å². The number of carbonyl (C=O) groups excluding carboxylic acids is 1. The Kier molecular flexibility index (Phi) is 6.95. The molecule has 0 radical (unpaired) electrons. The van der Waals surface area contributed by atoms with Crippen LogP contribution in [0.5, 0.6) is 0 Å². The Balaban J connectivity index is 1.80. The first-order valence-electron chi connectivity index (χ1n) is 11.9. The van der Waals surface area contributed by atoms with Gasteiger partial charge >= 0.3 is 0 Å². The lowest BCUT2D eigenvalue weighted by molar-refractivity contribution is 0.0779. The molecule has 4 rings (SSSR count). The zero-order chi connectivity index (χ0) is 24.5. The third kappa shape index (κ3) is 4.67. The van der Waals surface area contributed by atoms with E-state index in [2.05, 4.69) is 23.5 Å². The molecule has 1 N–H and O–H groups in total. The van der Waals surface area contributed by atoms with Crippen LogP contribution < -0.4 is 4.72 Å². The highest BCUT2D eigenvalue weighted by atomic mass is 32.2. The first kappa shape index (κ1) is 24.2. The number of imidazole rings is 1. The van der Waals surface area contributed by atoms with Crippen LogP contribution >= 0.6 is 0 Å². The van der Waals surface area contributed by atoms with Gasteiger partial charge in [0.2, 0.25) is 10.0 Å². The van der Waals surface area contributed by atoms with Crippen LogP contribution in [0.1, 0.15) is 37.6 Å². The van der Waals surface area contributed by atoms with E-state index in [0.29, 0.717) is 41.4 Å². The van der Waals surface area contributed by atoms with E-state index < -0.39 is 10.0 Å². The molecule has 0 saturated carbocycles. The summed E-state index contributed by atoms with van der Waals surface area (Å²) in [7, 11) is -1.61. The second-order valence-electron chi connectivity index (χ2n) is 8.67. The summed E-state index contributed by atoms with van der Waals surface area (Å²) in [6, 6.07) is 13.5. The molecule has 0 aliphatic carbocycles. The molecule has 1 saturated heterocycles. The summed E-state index contributed by atoms with van der Waals surface area (Å²) >= 11 is 0. The number of nitrogens with one attached hydrogen (secondary N) is 1. The van der Waals surface area contributed by atoms with Crippen molar-refractivity contribution in [3.8, 4) is 11.4 Å². The Morgan fingerprint density at radius 1 is 1.15 bits per heavy atom. The number of aryl methyl sites for hydroxylation is 1. The van der Waals surface area contributed by atoms with Crippen LogP contribution in [-0.2, 0) is 17.1 Å². The lowest BCUT2D eigenvalue weighted by Gasteiger charge is -2.26. The number of rotatable bonds is 8. The molecule has 34 heavy (non-hydrogen) atoms. The zero-order valence-electron chi connectivity index (χ0n) is 20.3. The number of likely N-dealkylation sites (tertiary alicyclic amines) is 1. The van der Waals surface area contributed by atoms with Crippen LogP contribution in [0.15, 0.2) is 42.5 Å². The maximum Gasteiger partial charge on any atom is 0.256 e. The van der Waals surface area contributed by atoms with Crippen molar-refractivity contribution in [3.63, 3.8) is 0 Å². The number of sulfonamides is 1. The molecule has 1 atom stereocenters. The standard InChI is InChI=1S/C25H33N5O3S/c1-5-29(6-2)20-13-14-30(17-20)25(31)21-15-19(27-34(32,33)7-3)16-22-23(21)28(4)24(26-22)18-11-9-8-10-12-18/h8-12,15-16,20,27H,5-7,13-14,17H2,1-4H3/t20-/m0/s1. The number of fused-ring (bicyclic) bond motifs is 1. The molecule has 1 amide bonds. The first-order valence-corrected chi connectivity index (χ1v) is 13.5. The van der Waals surface area contributed by atoms with Gasteiger partial charge < -0.3 is 9.47 Å². The van der Waals surface area contributed by atoms with E-state index in [4.69, 9.17) is 4.98 Å². The molecular weight excluding hydrogens is 450 g/mol. The van der Waals surface area contributed by atoms with Crippen molar-refractivity contribution in [1.82, 2.24) is 19.4 Å². The molecule has 2 aromatic carbocycles. The normalized spacial score (nSPS) is 16.5. The van der Waals surface area contributed by atoms with Crippen molar-refractivity contribution in [1.29, 1.82) is 0 Å². The van der Waals surface area contributed by atoms with Crippen LogP contribution in [0, 0.1) is 0 Å². The van der Waals surface area contributed by atoms with Crippen molar-refractivity contribution >= 4 is 32.7 Å². The summed E-state index contributed by atoms with van der Waals surface area (Å²) in [5, 5.41) is 0. The van der Waals surface area contributed by atoms with Gasteiger partial charge in [0.15, 0.2) is 0 Å². The molecule has 2 heterocycles. The maximum absolute atomic E-state index is 13.8. The largest absolute Gasteiger partial charge is 0.337 e. The Bertz CT molecular complexity index is 1280. The summed E-state index contributed by atoms with van der Waals surface area (Å²) in [5.41, 5.74) is 3.03. The molecular formula is C25H33N5O3S. The average molecular weight is 484 g/mol. The van der Waals surface area contributed by atoms with E-state index in [-0.39, 0.29) is 11.7 Å². The number of nitrogens with zero attached hydrogens (tertiary/aromatic N) is 4. The number of likely N-dealkylation sites (N-methyl/N-ethyl adjacent to an activating group) is 1. The average Bonchev–Trinajstić information content (AvgIpc) is 3.45. The van der Waals surface area contributed by atoms with Crippen LogP contribution in [0.2, 0.25) is 0 Å². The lowest BCUT2D eigenvalue weighted by Crippen LogP contribution is -2.38. The Morgan fingerprint density at radius 2 is 1.85 bits per heavy atom. The molecule has 0 spiro atoms. The Morgan fingerprint density at radius 3 is 2.50 bits per heavy atom. The van der Waals surface area contributed by atoms with E-state index in [1.54, 1.807) is 19.1 Å². The van der Waals surface area contributed by atoms with Gasteiger partial charge in [-0.15, -0.1) is 0 Å². The summed E-state index contributed by atoms with van der Waals surface area (Å²) in [6.07, 6.45) is 0.930. The smallest absolute Gasteiger partial charge is 0.256 e. The van der Waals surface area contributed by atoms with Gasteiger partial charge in [0.05, 0.1) is 28.0 Å². The van der Waals surface area contributed by atoms with Crippen LogP contribution in [-0.4, -0.2) is 71.6 Å². The van der Waals surface area contributed by atoms with Crippen molar-refractivity contribution in [2.45, 2.75) is 33.2 Å². The molecule has 9 heteroatoms. The van der Waals surface area contributed by atoms with Crippen LogP contribution in [0.4, 0.5) is 5.69 Å². The second kappa shape index (κ2) is 9.76. The van der Waals surface area contributed by atoms with Crippen LogP contribution in [0.25, 0.3) is 22.4 Å². The monoisotopic (exact) mass is 483 g/mol. The van der Waals surface area contributed by atoms with Crippen molar-refractivity contribution < 1.29 is 13.2 Å². The molecule has 1 fully saturated rings. The van der Waals surface area contributed by atoms with Crippen molar-refractivity contribution in [3.05, 3.63) is 48.0 Å². The van der Waals surface area contributed by atoms with E-state index in [1.165, 1.54) is 0 Å². The fraction of sp³-hybridized carbons (Fsp3) is 0.440. The van der Waals surface area contributed by atoms with Crippen LogP contribution in [0.3, 0.4) is 0 Å². The van der Waals surface area contributed by atoms with Gasteiger partial charge in [0.1, 0.15) is 5.82 Å². The summed E-state index contributed by atoms with van der Waals surface area (Å²) in [5.74, 6) is 0.575. The minimum atomic E-state index is -3.50. The number of hydrogen-bond acceptors (Lipinski definition) is 5. The zero-order valence-corrected chi connectivity index (χ0v) is 21.1. The number of aromatic nitrogens is 2. The highest BCUT2D eigenvalue weighted by molar-refractivity contribution is 7.92. The molecule has 0 unspecified atom stereocenters. The van der Waals surface area contributed by atoms with E-state index in [1.807, 2.05) is 46.8 Å². The van der Waals surface area contributed by atoms with E-state index in [0.717, 1.165) is 30.9 Å². The molecule has 1 aliphatic heterocycles. The fourth-order valence-corrected chi connectivity index (χ4v) is 5.43. The van der Waals surface area contributed by atoms with Gasteiger partial charge in [-0.3, -0.25) is 14.4 Å². The number of carbonyl (C=O) groups is 1. The van der Waals surface area contributed by atoms with Crippen molar-refractivity contribution in [2.24, 2.45) is 7.05 Å². The number of anilines is 1. The lowest BCUT2D eigenvalue weighted by atomic mass is 10.1. The van der Waals surface area contributed by atoms with Gasteiger partial charge in [-0.25, -0.2) is 13.4 Å². The minimum absolute atomic E-state index is 0.0521. The van der Waals surface area contributed by atoms with Gasteiger partial charge in [-0.1, -0.05) is 44.2 Å². The third-order valence-corrected chi connectivity index (χ3v) is 7.97. The molecule has 8 nitrogen and oxygen atoms in total. The van der Waals surface area contributed by atoms with Gasteiger partial charge in [-0.05, 0) is 38.6 Å². The molecule has 1 aromatic heterocycles. The predicted octanol–water partition coefficient (Wildman–Crippen LogP) is 3.56. The highest BCUT2D eigenvalue weighted by Crippen LogP contribution is 2.31. The highest BCUT2D eigenvalue weighted by Gasteiger charge is 2.31. The molecule has 0 bridgehead atoms. The third-order valence-electron chi connectivity index (χ3n) is 6.66. The van der Waals surface area contributed by atoms with E-state index in [9.17, 15) is 13.2 Å². The fourth-order valence-electron chi connectivity index (χ4n) is 4.81. The minimum Gasteiger partial charge on any atom is -0.337 e. The predicted molar refractivity (Wildman–Crippen MR) is 136 cm³/mol. The maximum atomic E-state index is 13.8. The van der Waals surface area contributed by atoms with Gasteiger partial charge in [-0.2, -0.15) is 0 Å². The molecule has 1 aliphatic rings. The molecule has 3 aromatic rings. The number of hydrogen-bond donors (Lipinski definition) is 1. The quantitative estimate of drug-likeness (QED) is 0.529. The number of benzene rings is 2. The summed E-state index contributed by atoms with van der Waals surface area (Å²) in [6.45, 7) is 9.10. The summed E-state index contributed by atoms with van der Waals surface area (Å²) < 4.78 is 29.1.